The Kier molecular flexibility index (Phi) is 5.86. The molecule has 4 N–H and O–H groups in total. The van der Waals surface area contributed by atoms with Crippen molar-refractivity contribution in [1.82, 2.24) is 15.0 Å². The van der Waals surface area contributed by atoms with Crippen LogP contribution in [-0.4, -0.2) is 45.6 Å². The number of pyridine rings is 1. The molecule has 0 aliphatic heterocycles. The summed E-state index contributed by atoms with van der Waals surface area (Å²) < 4.78 is 31.0. The largest absolute Gasteiger partial charge is 0.384 e. The zero-order valence-electron chi connectivity index (χ0n) is 11.3. The van der Waals surface area contributed by atoms with Crippen LogP contribution in [0.3, 0.4) is 0 Å². The maximum absolute atomic E-state index is 12.0. The third-order valence-electron chi connectivity index (χ3n) is 2.40. The summed E-state index contributed by atoms with van der Waals surface area (Å²) >= 11 is 0. The molecule has 1 aromatic rings. The molecule has 1 heterocycles. The molecule has 1 unspecified atom stereocenters. The van der Waals surface area contributed by atoms with Crippen molar-refractivity contribution in [2.45, 2.75) is 17.9 Å². The molecule has 1 amide bonds. The van der Waals surface area contributed by atoms with Crippen LogP contribution >= 0.6 is 0 Å². The molecule has 0 aliphatic carbocycles. The lowest BCUT2D eigenvalue weighted by atomic mass is 10.3. The van der Waals surface area contributed by atoms with Crippen LogP contribution < -0.4 is 15.8 Å². The average molecular weight is 302 g/mol. The SMILES string of the molecule is COCCNC(=O)C(C)NS(=O)(=O)c1ccc(N)nc1. The van der Waals surface area contributed by atoms with Crippen LogP contribution in [0.2, 0.25) is 0 Å². The summed E-state index contributed by atoms with van der Waals surface area (Å²) in [7, 11) is -2.31. The summed E-state index contributed by atoms with van der Waals surface area (Å²) in [5, 5.41) is 2.54. The predicted molar refractivity (Wildman–Crippen MR) is 73.3 cm³/mol. The van der Waals surface area contributed by atoms with Crippen molar-refractivity contribution in [2.24, 2.45) is 0 Å². The predicted octanol–water partition coefficient (Wildman–Crippen LogP) is -0.907. The first-order valence-corrected chi connectivity index (χ1v) is 7.35. The summed E-state index contributed by atoms with van der Waals surface area (Å²) in [6.45, 7) is 2.11. The molecule has 1 aromatic heterocycles. The summed E-state index contributed by atoms with van der Waals surface area (Å²) in [4.78, 5) is 15.3. The molecule has 1 atom stereocenters. The smallest absolute Gasteiger partial charge is 0.242 e. The molecule has 0 saturated carbocycles. The number of nitrogens with one attached hydrogen (secondary N) is 2. The first-order valence-electron chi connectivity index (χ1n) is 5.87. The third kappa shape index (κ3) is 4.76. The van der Waals surface area contributed by atoms with Gasteiger partial charge in [0.05, 0.1) is 12.6 Å². The van der Waals surface area contributed by atoms with Gasteiger partial charge in [-0.1, -0.05) is 0 Å². The number of hydrogen-bond acceptors (Lipinski definition) is 6. The fourth-order valence-corrected chi connectivity index (χ4v) is 2.48. The number of nitrogens with zero attached hydrogens (tertiary/aromatic N) is 1. The van der Waals surface area contributed by atoms with E-state index in [4.69, 9.17) is 10.5 Å². The Morgan fingerprint density at radius 3 is 2.75 bits per heavy atom. The van der Waals surface area contributed by atoms with Gasteiger partial charge in [-0.25, -0.2) is 13.4 Å². The van der Waals surface area contributed by atoms with Crippen molar-refractivity contribution in [3.05, 3.63) is 18.3 Å². The first kappa shape index (κ1) is 16.3. The normalized spacial score (nSPS) is 12.9. The second-order valence-corrected chi connectivity index (χ2v) is 5.76. The van der Waals surface area contributed by atoms with Crippen LogP contribution in [0.25, 0.3) is 0 Å². The van der Waals surface area contributed by atoms with E-state index in [1.807, 2.05) is 0 Å². The highest BCUT2D eigenvalue weighted by molar-refractivity contribution is 7.89. The minimum atomic E-state index is -3.81. The Bertz CT molecular complexity index is 544. The van der Waals surface area contributed by atoms with Gasteiger partial charge in [0.25, 0.3) is 0 Å². The molecule has 9 heteroatoms. The molecule has 0 aromatic carbocycles. The van der Waals surface area contributed by atoms with Gasteiger partial charge in [0.2, 0.25) is 15.9 Å². The Balaban J connectivity index is 2.66. The first-order chi connectivity index (χ1) is 9.36. The molecule has 0 fully saturated rings. The maximum atomic E-state index is 12.0. The second-order valence-electron chi connectivity index (χ2n) is 4.05. The number of nitrogens with two attached hydrogens (primary N) is 1. The molecule has 0 aliphatic rings. The number of aromatic nitrogens is 1. The van der Waals surface area contributed by atoms with E-state index in [1.165, 1.54) is 26.2 Å². The number of carbonyl (C=O) groups is 1. The monoisotopic (exact) mass is 302 g/mol. The third-order valence-corrected chi connectivity index (χ3v) is 3.93. The lowest BCUT2D eigenvalue weighted by Gasteiger charge is -2.14. The van der Waals surface area contributed by atoms with Crippen LogP contribution in [0.5, 0.6) is 0 Å². The van der Waals surface area contributed by atoms with Crippen molar-refractivity contribution in [3.8, 4) is 0 Å². The lowest BCUT2D eigenvalue weighted by molar-refractivity contribution is -0.122. The second kappa shape index (κ2) is 7.17. The summed E-state index contributed by atoms with van der Waals surface area (Å²) in [6, 6.07) is 1.78. The van der Waals surface area contributed by atoms with Crippen molar-refractivity contribution in [3.63, 3.8) is 0 Å². The quantitative estimate of drug-likeness (QED) is 0.560. The number of nitrogen functional groups attached to an aromatic ring is 1. The number of carbonyl (C=O) groups excluding carboxylic acids is 1. The van der Waals surface area contributed by atoms with E-state index in [0.717, 1.165) is 6.20 Å². The number of ether oxygens (including phenoxy) is 1. The maximum Gasteiger partial charge on any atom is 0.242 e. The average Bonchev–Trinajstić information content (AvgIpc) is 2.38. The summed E-state index contributed by atoms with van der Waals surface area (Å²) in [5.41, 5.74) is 5.39. The number of anilines is 1. The Labute approximate surface area is 117 Å². The minimum absolute atomic E-state index is 0.0526. The Hall–Kier alpha value is -1.71. The van der Waals surface area contributed by atoms with Gasteiger partial charge in [-0.3, -0.25) is 4.79 Å². The van der Waals surface area contributed by atoms with Crippen molar-refractivity contribution in [2.75, 3.05) is 26.0 Å². The van der Waals surface area contributed by atoms with Gasteiger partial charge in [-0.05, 0) is 19.1 Å². The highest BCUT2D eigenvalue weighted by Gasteiger charge is 2.21. The van der Waals surface area contributed by atoms with E-state index in [0.29, 0.717) is 13.2 Å². The van der Waals surface area contributed by atoms with E-state index in [-0.39, 0.29) is 10.7 Å². The van der Waals surface area contributed by atoms with Gasteiger partial charge in [-0.15, -0.1) is 0 Å². The molecule has 112 valence electrons. The van der Waals surface area contributed by atoms with Gasteiger partial charge >= 0.3 is 0 Å². The van der Waals surface area contributed by atoms with Gasteiger partial charge in [-0.2, -0.15) is 4.72 Å². The van der Waals surface area contributed by atoms with Crippen molar-refractivity contribution in [1.29, 1.82) is 0 Å². The molecule has 1 rings (SSSR count). The molecule has 0 spiro atoms. The Morgan fingerprint density at radius 1 is 1.50 bits per heavy atom. The van der Waals surface area contributed by atoms with Crippen LogP contribution in [-0.2, 0) is 19.6 Å². The van der Waals surface area contributed by atoms with E-state index in [9.17, 15) is 13.2 Å². The van der Waals surface area contributed by atoms with Crippen LogP contribution in [0.15, 0.2) is 23.2 Å². The van der Waals surface area contributed by atoms with E-state index >= 15 is 0 Å². The van der Waals surface area contributed by atoms with Crippen LogP contribution in [0, 0.1) is 0 Å². The van der Waals surface area contributed by atoms with Gasteiger partial charge in [0.1, 0.15) is 10.7 Å². The molecule has 0 bridgehead atoms. The summed E-state index contributed by atoms with van der Waals surface area (Å²) in [6.07, 6.45) is 1.13. The van der Waals surface area contributed by atoms with Gasteiger partial charge in [0, 0.05) is 19.9 Å². The highest BCUT2D eigenvalue weighted by atomic mass is 32.2. The van der Waals surface area contributed by atoms with Crippen molar-refractivity contribution >= 4 is 21.7 Å². The van der Waals surface area contributed by atoms with E-state index in [1.54, 1.807) is 0 Å². The standard InChI is InChI=1S/C11H18N4O4S/c1-8(11(16)13-5-6-19-2)15-20(17,18)9-3-4-10(12)14-7-9/h3-4,7-8,15H,5-6H2,1-2H3,(H2,12,14)(H,13,16). The zero-order chi connectivity index (χ0) is 15.2. The van der Waals surface area contributed by atoms with Crippen LogP contribution in [0.1, 0.15) is 6.92 Å². The molecular formula is C11H18N4O4S. The fraction of sp³-hybridized carbons (Fsp3) is 0.455. The minimum Gasteiger partial charge on any atom is -0.384 e. The number of hydrogen-bond donors (Lipinski definition) is 3. The zero-order valence-corrected chi connectivity index (χ0v) is 12.1. The molecular weight excluding hydrogens is 284 g/mol. The highest BCUT2D eigenvalue weighted by Crippen LogP contribution is 2.09. The molecule has 0 radical (unpaired) electrons. The van der Waals surface area contributed by atoms with Gasteiger partial charge in [0.15, 0.2) is 0 Å². The van der Waals surface area contributed by atoms with E-state index in [2.05, 4.69) is 15.0 Å². The Morgan fingerprint density at radius 2 is 2.20 bits per heavy atom. The topological polar surface area (TPSA) is 123 Å². The van der Waals surface area contributed by atoms with Crippen molar-refractivity contribution < 1.29 is 17.9 Å². The fourth-order valence-electron chi connectivity index (χ4n) is 1.33. The summed E-state index contributed by atoms with van der Waals surface area (Å²) in [5.74, 6) is -0.219. The molecule has 0 saturated heterocycles. The molecule has 8 nitrogen and oxygen atoms in total. The number of rotatable bonds is 7. The van der Waals surface area contributed by atoms with Gasteiger partial charge < -0.3 is 15.8 Å². The van der Waals surface area contributed by atoms with E-state index < -0.39 is 22.0 Å². The number of sulfonamides is 1. The van der Waals surface area contributed by atoms with Crippen LogP contribution in [0.4, 0.5) is 5.82 Å². The lowest BCUT2D eigenvalue weighted by Crippen LogP contribution is -2.45. The molecule has 20 heavy (non-hydrogen) atoms. The number of amides is 1. The number of methoxy groups -OCH3 is 1.